The molecule has 0 amide bonds. The highest BCUT2D eigenvalue weighted by atomic mass is 15.1. The lowest BCUT2D eigenvalue weighted by Gasteiger charge is -1.97. The largest absolute Gasteiger partial charge is 0.382 e. The van der Waals surface area contributed by atoms with E-state index in [-0.39, 0.29) is 0 Å². The molecule has 3 rings (SSSR count). The fraction of sp³-hybridized carbons (Fsp3) is 0.300. The van der Waals surface area contributed by atoms with Crippen molar-refractivity contribution in [3.05, 3.63) is 23.8 Å². The second-order valence-electron chi connectivity index (χ2n) is 3.69. The number of aromatic amines is 1. The van der Waals surface area contributed by atoms with Gasteiger partial charge in [-0.05, 0) is 36.5 Å². The Morgan fingerprint density at radius 3 is 3.00 bits per heavy atom. The fourth-order valence-electron chi connectivity index (χ4n) is 1.72. The standard InChI is InChI=1S/C10H11N3/c11-10-8-5-7(6-1-2-6)3-4-9(8)12-13-10/h3-6H,1-2H2,(H3,11,12,13). The van der Waals surface area contributed by atoms with Gasteiger partial charge in [-0.2, -0.15) is 5.10 Å². The third-order valence-corrected chi connectivity index (χ3v) is 2.67. The third-order valence-electron chi connectivity index (χ3n) is 2.67. The van der Waals surface area contributed by atoms with Gasteiger partial charge in [-0.15, -0.1) is 0 Å². The molecule has 0 unspecified atom stereocenters. The first-order valence-electron chi connectivity index (χ1n) is 4.58. The number of nitrogens with zero attached hydrogens (tertiary/aromatic N) is 1. The van der Waals surface area contributed by atoms with E-state index in [0.717, 1.165) is 16.8 Å². The van der Waals surface area contributed by atoms with Crippen LogP contribution in [0.25, 0.3) is 10.9 Å². The number of benzene rings is 1. The lowest BCUT2D eigenvalue weighted by molar-refractivity contribution is 1.12. The smallest absolute Gasteiger partial charge is 0.153 e. The number of nitrogen functional groups attached to an aromatic ring is 1. The van der Waals surface area contributed by atoms with Crippen molar-refractivity contribution in [1.82, 2.24) is 10.2 Å². The average molecular weight is 173 g/mol. The summed E-state index contributed by atoms with van der Waals surface area (Å²) in [6.45, 7) is 0. The summed E-state index contributed by atoms with van der Waals surface area (Å²) in [5, 5.41) is 7.93. The zero-order chi connectivity index (χ0) is 8.84. The monoisotopic (exact) mass is 173 g/mol. The number of hydrogen-bond donors (Lipinski definition) is 2. The van der Waals surface area contributed by atoms with E-state index in [2.05, 4.69) is 28.4 Å². The van der Waals surface area contributed by atoms with Crippen molar-refractivity contribution in [3.63, 3.8) is 0 Å². The molecule has 0 radical (unpaired) electrons. The number of aromatic nitrogens is 2. The Bertz CT molecular complexity index is 454. The summed E-state index contributed by atoms with van der Waals surface area (Å²) in [5.41, 5.74) is 8.16. The summed E-state index contributed by atoms with van der Waals surface area (Å²) in [7, 11) is 0. The number of anilines is 1. The molecule has 1 aliphatic carbocycles. The van der Waals surface area contributed by atoms with Crippen LogP contribution in [0, 0.1) is 0 Å². The van der Waals surface area contributed by atoms with Crippen molar-refractivity contribution in [2.75, 3.05) is 5.73 Å². The van der Waals surface area contributed by atoms with Crippen molar-refractivity contribution in [3.8, 4) is 0 Å². The summed E-state index contributed by atoms with van der Waals surface area (Å²) < 4.78 is 0. The number of H-pyrrole nitrogens is 1. The Morgan fingerprint density at radius 2 is 2.23 bits per heavy atom. The van der Waals surface area contributed by atoms with Crippen LogP contribution in [0.15, 0.2) is 18.2 Å². The Labute approximate surface area is 75.9 Å². The normalized spacial score (nSPS) is 16.6. The van der Waals surface area contributed by atoms with E-state index in [1.807, 2.05) is 0 Å². The molecule has 0 bridgehead atoms. The van der Waals surface area contributed by atoms with Gasteiger partial charge in [-0.3, -0.25) is 5.10 Å². The Morgan fingerprint density at radius 1 is 1.38 bits per heavy atom. The molecule has 1 fully saturated rings. The third kappa shape index (κ3) is 1.00. The van der Waals surface area contributed by atoms with E-state index < -0.39 is 0 Å². The molecule has 2 aromatic rings. The summed E-state index contributed by atoms with van der Waals surface area (Å²) >= 11 is 0. The van der Waals surface area contributed by atoms with Gasteiger partial charge in [0, 0.05) is 5.39 Å². The molecule has 1 heterocycles. The van der Waals surface area contributed by atoms with Crippen molar-refractivity contribution >= 4 is 16.7 Å². The molecule has 66 valence electrons. The Balaban J connectivity index is 2.24. The molecule has 0 spiro atoms. The summed E-state index contributed by atoms with van der Waals surface area (Å²) in [6.07, 6.45) is 2.65. The van der Waals surface area contributed by atoms with Crippen molar-refractivity contribution in [2.24, 2.45) is 0 Å². The summed E-state index contributed by atoms with van der Waals surface area (Å²) in [4.78, 5) is 0. The molecule has 1 aromatic carbocycles. The maximum atomic E-state index is 5.72. The van der Waals surface area contributed by atoms with E-state index in [0.29, 0.717) is 5.82 Å². The van der Waals surface area contributed by atoms with Gasteiger partial charge in [0.05, 0.1) is 5.52 Å². The zero-order valence-corrected chi connectivity index (χ0v) is 7.25. The fourth-order valence-corrected chi connectivity index (χ4v) is 1.72. The average Bonchev–Trinajstić information content (AvgIpc) is 2.93. The van der Waals surface area contributed by atoms with Crippen LogP contribution in [0.4, 0.5) is 5.82 Å². The molecule has 1 aliphatic rings. The minimum absolute atomic E-state index is 0.609. The number of nitrogens with one attached hydrogen (secondary N) is 1. The summed E-state index contributed by atoms with van der Waals surface area (Å²) in [6, 6.07) is 6.38. The number of rotatable bonds is 1. The maximum absolute atomic E-state index is 5.72. The van der Waals surface area contributed by atoms with Crippen LogP contribution in [0.3, 0.4) is 0 Å². The SMILES string of the molecule is Nc1n[nH]c2ccc(C3CC3)cc12. The minimum Gasteiger partial charge on any atom is -0.382 e. The molecular formula is C10H11N3. The first-order valence-corrected chi connectivity index (χ1v) is 4.58. The summed E-state index contributed by atoms with van der Waals surface area (Å²) in [5.74, 6) is 1.39. The quantitative estimate of drug-likeness (QED) is 0.693. The lowest BCUT2D eigenvalue weighted by Crippen LogP contribution is -1.84. The second-order valence-corrected chi connectivity index (χ2v) is 3.69. The van der Waals surface area contributed by atoms with Gasteiger partial charge in [-0.1, -0.05) is 6.07 Å². The molecule has 0 atom stereocenters. The molecule has 0 saturated heterocycles. The van der Waals surface area contributed by atoms with Crippen molar-refractivity contribution < 1.29 is 0 Å². The Hall–Kier alpha value is -1.51. The van der Waals surface area contributed by atoms with E-state index in [1.165, 1.54) is 18.4 Å². The molecular weight excluding hydrogens is 162 g/mol. The molecule has 1 saturated carbocycles. The van der Waals surface area contributed by atoms with Crippen LogP contribution in [0.2, 0.25) is 0 Å². The van der Waals surface area contributed by atoms with Gasteiger partial charge in [-0.25, -0.2) is 0 Å². The van der Waals surface area contributed by atoms with Gasteiger partial charge in [0.25, 0.3) is 0 Å². The second kappa shape index (κ2) is 2.25. The van der Waals surface area contributed by atoms with E-state index in [9.17, 15) is 0 Å². The zero-order valence-electron chi connectivity index (χ0n) is 7.25. The van der Waals surface area contributed by atoms with Crippen LogP contribution in [0.1, 0.15) is 24.3 Å². The van der Waals surface area contributed by atoms with Crippen LogP contribution >= 0.6 is 0 Å². The molecule has 3 nitrogen and oxygen atoms in total. The van der Waals surface area contributed by atoms with Crippen LogP contribution in [0.5, 0.6) is 0 Å². The van der Waals surface area contributed by atoms with Gasteiger partial charge >= 0.3 is 0 Å². The van der Waals surface area contributed by atoms with Gasteiger partial charge in [0.15, 0.2) is 5.82 Å². The predicted molar refractivity (Wildman–Crippen MR) is 52.5 cm³/mol. The lowest BCUT2D eigenvalue weighted by atomic mass is 10.1. The highest BCUT2D eigenvalue weighted by Crippen LogP contribution is 2.41. The number of nitrogens with two attached hydrogens (primary N) is 1. The molecule has 1 aromatic heterocycles. The first-order chi connectivity index (χ1) is 6.34. The molecule has 0 aliphatic heterocycles. The van der Waals surface area contributed by atoms with Crippen molar-refractivity contribution in [1.29, 1.82) is 0 Å². The highest BCUT2D eigenvalue weighted by Gasteiger charge is 2.23. The number of hydrogen-bond acceptors (Lipinski definition) is 2. The number of fused-ring (bicyclic) bond motifs is 1. The molecule has 3 N–H and O–H groups in total. The van der Waals surface area contributed by atoms with Crippen LogP contribution in [-0.2, 0) is 0 Å². The minimum atomic E-state index is 0.609. The molecule has 13 heavy (non-hydrogen) atoms. The van der Waals surface area contributed by atoms with E-state index in [1.54, 1.807) is 0 Å². The van der Waals surface area contributed by atoms with Crippen LogP contribution in [-0.4, -0.2) is 10.2 Å². The van der Waals surface area contributed by atoms with Crippen LogP contribution < -0.4 is 5.73 Å². The van der Waals surface area contributed by atoms with E-state index >= 15 is 0 Å². The predicted octanol–water partition coefficient (Wildman–Crippen LogP) is 2.02. The molecule has 3 heteroatoms. The van der Waals surface area contributed by atoms with Crippen molar-refractivity contribution in [2.45, 2.75) is 18.8 Å². The van der Waals surface area contributed by atoms with Gasteiger partial charge in [0.1, 0.15) is 0 Å². The Kier molecular flexibility index (Phi) is 1.20. The van der Waals surface area contributed by atoms with Gasteiger partial charge in [0.2, 0.25) is 0 Å². The van der Waals surface area contributed by atoms with Gasteiger partial charge < -0.3 is 5.73 Å². The first kappa shape index (κ1) is 6.95. The highest BCUT2D eigenvalue weighted by molar-refractivity contribution is 5.89. The van der Waals surface area contributed by atoms with E-state index in [4.69, 9.17) is 5.73 Å². The topological polar surface area (TPSA) is 54.7 Å². The maximum Gasteiger partial charge on any atom is 0.153 e.